The second kappa shape index (κ2) is 11.2. The van der Waals surface area contributed by atoms with Gasteiger partial charge in [-0.25, -0.2) is 4.79 Å². The SMILES string of the molecule is CCCc1cc(C2CCC(=O)CC2)ccc1OCCCOc1cccc([C@H]2OC(=O)NC2=O)c1. The third kappa shape index (κ3) is 5.95. The number of amides is 2. The van der Waals surface area contributed by atoms with Gasteiger partial charge in [-0.05, 0) is 54.5 Å². The van der Waals surface area contributed by atoms with Gasteiger partial charge in [0.2, 0.25) is 6.10 Å². The predicted molar refractivity (Wildman–Crippen MR) is 126 cm³/mol. The number of alkyl carbamates (subject to hydrolysis) is 1. The Hall–Kier alpha value is -3.35. The predicted octanol–water partition coefficient (Wildman–Crippen LogP) is 5.02. The molecule has 0 bridgehead atoms. The Labute approximate surface area is 199 Å². The van der Waals surface area contributed by atoms with Crippen LogP contribution in [0.1, 0.15) is 74.2 Å². The number of carbonyl (C=O) groups is 3. The van der Waals surface area contributed by atoms with Gasteiger partial charge in [0, 0.05) is 24.8 Å². The molecular formula is C27H31NO6. The van der Waals surface area contributed by atoms with E-state index in [9.17, 15) is 14.4 Å². The normalized spacial score (nSPS) is 18.5. The number of Topliss-reactive ketones (excluding diaryl/α,β-unsaturated/α-hetero) is 1. The molecule has 1 aliphatic carbocycles. The molecule has 0 radical (unpaired) electrons. The van der Waals surface area contributed by atoms with Crippen LogP contribution in [-0.2, 0) is 20.7 Å². The molecule has 34 heavy (non-hydrogen) atoms. The van der Waals surface area contributed by atoms with Crippen molar-refractivity contribution in [3.8, 4) is 11.5 Å². The Bertz CT molecular complexity index is 1040. The van der Waals surface area contributed by atoms with E-state index in [1.807, 2.05) is 0 Å². The minimum atomic E-state index is -0.937. The highest BCUT2D eigenvalue weighted by Crippen LogP contribution is 2.34. The number of aryl methyl sites for hydroxylation is 1. The smallest absolute Gasteiger partial charge is 0.415 e. The van der Waals surface area contributed by atoms with Gasteiger partial charge in [0.1, 0.15) is 17.3 Å². The van der Waals surface area contributed by atoms with Crippen LogP contribution < -0.4 is 14.8 Å². The summed E-state index contributed by atoms with van der Waals surface area (Å²) in [4.78, 5) is 34.6. The van der Waals surface area contributed by atoms with E-state index in [0.717, 1.165) is 31.4 Å². The zero-order valence-corrected chi connectivity index (χ0v) is 19.5. The molecule has 7 nitrogen and oxygen atoms in total. The zero-order valence-electron chi connectivity index (χ0n) is 19.5. The summed E-state index contributed by atoms with van der Waals surface area (Å²) in [5.41, 5.74) is 3.10. The molecule has 0 unspecified atom stereocenters. The molecule has 1 atom stereocenters. The molecule has 180 valence electrons. The van der Waals surface area contributed by atoms with Gasteiger partial charge in [-0.3, -0.25) is 14.9 Å². The van der Waals surface area contributed by atoms with E-state index in [1.165, 1.54) is 11.1 Å². The molecule has 7 heteroatoms. The van der Waals surface area contributed by atoms with Crippen LogP contribution in [0, 0.1) is 0 Å². The van der Waals surface area contributed by atoms with E-state index in [2.05, 4.69) is 30.4 Å². The topological polar surface area (TPSA) is 90.9 Å². The van der Waals surface area contributed by atoms with Gasteiger partial charge < -0.3 is 14.2 Å². The van der Waals surface area contributed by atoms with E-state index >= 15 is 0 Å². The maximum Gasteiger partial charge on any atom is 0.415 e. The van der Waals surface area contributed by atoms with Gasteiger partial charge in [-0.15, -0.1) is 0 Å². The lowest BCUT2D eigenvalue weighted by Gasteiger charge is -2.22. The Kier molecular flexibility index (Phi) is 7.83. The van der Waals surface area contributed by atoms with Crippen molar-refractivity contribution < 1.29 is 28.6 Å². The number of nitrogens with one attached hydrogen (secondary N) is 1. The number of carbonyl (C=O) groups excluding carboxylic acids is 3. The monoisotopic (exact) mass is 465 g/mol. The summed E-state index contributed by atoms with van der Waals surface area (Å²) in [5, 5.41) is 2.13. The molecule has 2 aliphatic rings. The third-order valence-corrected chi connectivity index (χ3v) is 6.28. The lowest BCUT2D eigenvalue weighted by molar-refractivity contribution is -0.123. The number of rotatable bonds is 10. The third-order valence-electron chi connectivity index (χ3n) is 6.28. The van der Waals surface area contributed by atoms with Crippen molar-refractivity contribution in [2.24, 2.45) is 0 Å². The molecule has 2 aromatic rings. The average Bonchev–Trinajstić information content (AvgIpc) is 3.18. The molecule has 1 heterocycles. The summed E-state index contributed by atoms with van der Waals surface area (Å²) in [7, 11) is 0. The molecule has 1 saturated carbocycles. The van der Waals surface area contributed by atoms with Crippen molar-refractivity contribution in [1.29, 1.82) is 0 Å². The maximum atomic E-state index is 11.8. The van der Waals surface area contributed by atoms with Crippen LogP contribution in [0.2, 0.25) is 0 Å². The van der Waals surface area contributed by atoms with Gasteiger partial charge >= 0.3 is 6.09 Å². The molecule has 2 aromatic carbocycles. The molecule has 1 aliphatic heterocycles. The van der Waals surface area contributed by atoms with Crippen molar-refractivity contribution in [2.45, 2.75) is 63.9 Å². The number of hydrogen-bond donors (Lipinski definition) is 1. The highest BCUT2D eigenvalue weighted by molar-refractivity contribution is 6.00. The Morgan fingerprint density at radius 2 is 1.76 bits per heavy atom. The van der Waals surface area contributed by atoms with Crippen LogP contribution >= 0.6 is 0 Å². The van der Waals surface area contributed by atoms with Crippen LogP contribution in [0.15, 0.2) is 42.5 Å². The molecule has 2 amide bonds. The first kappa shape index (κ1) is 23.8. The zero-order chi connectivity index (χ0) is 23.9. The van der Waals surface area contributed by atoms with Crippen molar-refractivity contribution >= 4 is 17.8 Å². The average molecular weight is 466 g/mol. The first-order chi connectivity index (χ1) is 16.5. The summed E-state index contributed by atoms with van der Waals surface area (Å²) < 4.78 is 16.9. The van der Waals surface area contributed by atoms with Crippen LogP contribution in [0.4, 0.5) is 4.79 Å². The van der Waals surface area contributed by atoms with Crippen molar-refractivity contribution in [3.05, 3.63) is 59.2 Å². The molecule has 0 spiro atoms. The van der Waals surface area contributed by atoms with Gasteiger partial charge in [0.15, 0.2) is 0 Å². The Morgan fingerprint density at radius 1 is 0.971 bits per heavy atom. The first-order valence-electron chi connectivity index (χ1n) is 12.0. The van der Waals surface area contributed by atoms with E-state index in [1.54, 1.807) is 24.3 Å². The number of imide groups is 1. The second-order valence-corrected chi connectivity index (χ2v) is 8.83. The quantitative estimate of drug-likeness (QED) is 0.496. The van der Waals surface area contributed by atoms with E-state index in [4.69, 9.17) is 14.2 Å². The summed E-state index contributed by atoms with van der Waals surface area (Å²) in [6.07, 6.45) is 4.28. The number of hydrogen-bond acceptors (Lipinski definition) is 6. The molecule has 2 fully saturated rings. The van der Waals surface area contributed by atoms with Gasteiger partial charge in [-0.1, -0.05) is 37.6 Å². The minimum Gasteiger partial charge on any atom is -0.493 e. The summed E-state index contributed by atoms with van der Waals surface area (Å²) >= 11 is 0. The van der Waals surface area contributed by atoms with Crippen LogP contribution in [0.5, 0.6) is 11.5 Å². The van der Waals surface area contributed by atoms with Crippen LogP contribution in [0.25, 0.3) is 0 Å². The fourth-order valence-electron chi connectivity index (χ4n) is 4.51. The minimum absolute atomic E-state index is 0.381. The maximum absolute atomic E-state index is 11.8. The number of ether oxygens (including phenoxy) is 3. The second-order valence-electron chi connectivity index (χ2n) is 8.83. The lowest BCUT2D eigenvalue weighted by atomic mass is 9.83. The van der Waals surface area contributed by atoms with E-state index < -0.39 is 18.1 Å². The first-order valence-corrected chi connectivity index (χ1v) is 12.0. The van der Waals surface area contributed by atoms with Gasteiger partial charge in [0.05, 0.1) is 13.2 Å². The lowest BCUT2D eigenvalue weighted by Crippen LogP contribution is -2.20. The summed E-state index contributed by atoms with van der Waals surface area (Å²) in [6, 6.07) is 13.5. The summed E-state index contributed by atoms with van der Waals surface area (Å²) in [6.45, 7) is 3.14. The summed E-state index contributed by atoms with van der Waals surface area (Å²) in [5.74, 6) is 1.89. The largest absolute Gasteiger partial charge is 0.493 e. The van der Waals surface area contributed by atoms with Crippen molar-refractivity contribution in [3.63, 3.8) is 0 Å². The molecule has 1 N–H and O–H groups in total. The fraction of sp³-hybridized carbons (Fsp3) is 0.444. The van der Waals surface area contributed by atoms with Crippen LogP contribution in [-0.4, -0.2) is 31.0 Å². The van der Waals surface area contributed by atoms with Crippen LogP contribution in [0.3, 0.4) is 0 Å². The highest BCUT2D eigenvalue weighted by atomic mass is 16.6. The molecule has 1 saturated heterocycles. The highest BCUT2D eigenvalue weighted by Gasteiger charge is 2.33. The number of benzene rings is 2. The van der Waals surface area contributed by atoms with Crippen molar-refractivity contribution in [2.75, 3.05) is 13.2 Å². The Balaban J connectivity index is 1.27. The number of cyclic esters (lactones) is 1. The number of ketones is 1. The molecular weight excluding hydrogens is 434 g/mol. The molecule has 4 rings (SSSR count). The Morgan fingerprint density at radius 3 is 2.50 bits per heavy atom. The van der Waals surface area contributed by atoms with E-state index in [-0.39, 0.29) is 0 Å². The molecule has 0 aromatic heterocycles. The van der Waals surface area contributed by atoms with Gasteiger partial charge in [0.25, 0.3) is 5.91 Å². The standard InChI is InChI=1S/C27H31NO6/c1-2-5-20-16-19(18-8-11-22(29)12-9-18)10-13-24(20)33-15-4-14-32-23-7-3-6-21(17-23)25-26(30)28-27(31)34-25/h3,6-7,10,13,16-18,25H,2,4-5,8-9,11-12,14-15H2,1H3,(H,28,30,31)/t25-/m1/s1. The van der Waals surface area contributed by atoms with Gasteiger partial charge in [-0.2, -0.15) is 0 Å². The van der Waals surface area contributed by atoms with E-state index in [0.29, 0.717) is 55.5 Å². The fourth-order valence-corrected chi connectivity index (χ4v) is 4.51. The van der Waals surface area contributed by atoms with Crippen molar-refractivity contribution in [1.82, 2.24) is 5.32 Å².